The average molecular weight is 303 g/mol. The van der Waals surface area contributed by atoms with Crippen LogP contribution < -0.4 is 4.72 Å². The molecular weight excluding hydrogens is 289 g/mol. The molecule has 1 saturated heterocycles. The third kappa shape index (κ3) is 2.82. The van der Waals surface area contributed by atoms with Gasteiger partial charge in [0.1, 0.15) is 5.82 Å². The van der Waals surface area contributed by atoms with Crippen LogP contribution in [0.2, 0.25) is 0 Å². The first-order chi connectivity index (χ1) is 9.27. The van der Waals surface area contributed by atoms with Crippen LogP contribution in [0.25, 0.3) is 0 Å². The maximum Gasteiger partial charge on any atom is 0.340 e. The molecule has 2 rings (SSSR count). The van der Waals surface area contributed by atoms with E-state index < -0.39 is 27.3 Å². The molecule has 0 aliphatic carbocycles. The van der Waals surface area contributed by atoms with Crippen molar-refractivity contribution in [2.75, 3.05) is 20.3 Å². The molecule has 8 heteroatoms. The Bertz CT molecular complexity index is 639. The van der Waals surface area contributed by atoms with Gasteiger partial charge in [-0.15, -0.1) is 0 Å². The number of carbonyl (C=O) groups excluding carboxylic acids is 1. The van der Waals surface area contributed by atoms with Crippen LogP contribution in [-0.4, -0.2) is 40.2 Å². The van der Waals surface area contributed by atoms with E-state index in [4.69, 9.17) is 4.74 Å². The lowest BCUT2D eigenvalue weighted by Crippen LogP contribution is -2.59. The smallest absolute Gasteiger partial charge is 0.340 e. The van der Waals surface area contributed by atoms with Crippen molar-refractivity contribution >= 4 is 16.0 Å². The van der Waals surface area contributed by atoms with Crippen molar-refractivity contribution in [2.24, 2.45) is 0 Å². The quantitative estimate of drug-likeness (QED) is 0.827. The normalized spacial score (nSPS) is 17.4. The molecule has 0 spiro atoms. The van der Waals surface area contributed by atoms with Crippen molar-refractivity contribution in [1.29, 1.82) is 0 Å². The summed E-state index contributed by atoms with van der Waals surface area (Å²) in [6.45, 7) is 2.21. The van der Waals surface area contributed by atoms with Crippen molar-refractivity contribution in [3.63, 3.8) is 0 Å². The summed E-state index contributed by atoms with van der Waals surface area (Å²) in [5.41, 5.74) is -0.999. The molecule has 1 fully saturated rings. The zero-order chi connectivity index (χ0) is 15.0. The van der Waals surface area contributed by atoms with Gasteiger partial charge in [0.15, 0.2) is 0 Å². The molecule has 0 aromatic heterocycles. The number of benzene rings is 1. The zero-order valence-corrected chi connectivity index (χ0v) is 11.8. The first-order valence-electron chi connectivity index (χ1n) is 5.77. The van der Waals surface area contributed by atoms with Crippen molar-refractivity contribution in [3.05, 3.63) is 29.6 Å². The number of carbonyl (C=O) groups is 1. The molecule has 0 radical (unpaired) electrons. The summed E-state index contributed by atoms with van der Waals surface area (Å²) < 4.78 is 49.7. The highest BCUT2D eigenvalue weighted by atomic mass is 32.2. The van der Waals surface area contributed by atoms with Crippen LogP contribution in [0.15, 0.2) is 23.1 Å². The molecule has 0 bridgehead atoms. The van der Waals surface area contributed by atoms with Gasteiger partial charge in [-0.1, -0.05) is 0 Å². The molecule has 1 aromatic rings. The highest BCUT2D eigenvalue weighted by Crippen LogP contribution is 2.21. The van der Waals surface area contributed by atoms with Crippen molar-refractivity contribution < 1.29 is 27.1 Å². The highest BCUT2D eigenvalue weighted by Gasteiger charge is 2.38. The Labute approximate surface area is 115 Å². The van der Waals surface area contributed by atoms with E-state index in [0.29, 0.717) is 0 Å². The Balaban J connectivity index is 2.29. The number of nitrogens with one attached hydrogen (secondary N) is 1. The van der Waals surface area contributed by atoms with Crippen LogP contribution >= 0.6 is 0 Å². The lowest BCUT2D eigenvalue weighted by Gasteiger charge is -2.38. The summed E-state index contributed by atoms with van der Waals surface area (Å²) in [6.07, 6.45) is 0. The molecule has 1 heterocycles. The van der Waals surface area contributed by atoms with Gasteiger partial charge >= 0.3 is 5.97 Å². The van der Waals surface area contributed by atoms with Gasteiger partial charge in [0.25, 0.3) is 0 Å². The summed E-state index contributed by atoms with van der Waals surface area (Å²) in [5.74, 6) is -1.81. The van der Waals surface area contributed by atoms with Gasteiger partial charge in [-0.05, 0) is 25.1 Å². The lowest BCUT2D eigenvalue weighted by molar-refractivity contribution is -0.0523. The van der Waals surface area contributed by atoms with Crippen LogP contribution in [0.5, 0.6) is 0 Å². The van der Waals surface area contributed by atoms with Crippen molar-refractivity contribution in [3.8, 4) is 0 Å². The average Bonchev–Trinajstić information content (AvgIpc) is 2.35. The second-order valence-electron chi connectivity index (χ2n) is 4.79. The maximum absolute atomic E-state index is 13.7. The van der Waals surface area contributed by atoms with Crippen molar-refractivity contribution in [2.45, 2.75) is 17.4 Å². The number of rotatable bonds is 4. The summed E-state index contributed by atoms with van der Waals surface area (Å²) in [5, 5.41) is 0. The Morgan fingerprint density at radius 2 is 2.10 bits per heavy atom. The molecule has 1 aliphatic rings. The third-order valence-corrected chi connectivity index (χ3v) is 4.51. The van der Waals surface area contributed by atoms with Crippen molar-refractivity contribution in [1.82, 2.24) is 4.72 Å². The summed E-state index contributed by atoms with van der Waals surface area (Å²) in [6, 6.07) is 3.02. The fourth-order valence-corrected chi connectivity index (χ4v) is 3.18. The fourth-order valence-electron chi connectivity index (χ4n) is 1.79. The predicted octanol–water partition coefficient (Wildman–Crippen LogP) is 0.679. The van der Waals surface area contributed by atoms with E-state index in [9.17, 15) is 17.6 Å². The van der Waals surface area contributed by atoms with Gasteiger partial charge in [0.2, 0.25) is 10.0 Å². The molecule has 1 aromatic carbocycles. The molecule has 20 heavy (non-hydrogen) atoms. The topological polar surface area (TPSA) is 81.7 Å². The predicted molar refractivity (Wildman–Crippen MR) is 67.3 cm³/mol. The second kappa shape index (κ2) is 5.12. The number of esters is 1. The Hall–Kier alpha value is -1.51. The molecule has 110 valence electrons. The first-order valence-corrected chi connectivity index (χ1v) is 7.25. The molecule has 0 atom stereocenters. The number of sulfonamides is 1. The molecule has 0 unspecified atom stereocenters. The van der Waals surface area contributed by atoms with Gasteiger partial charge in [-0.25, -0.2) is 22.3 Å². The molecular formula is C12H14FNO5S. The van der Waals surface area contributed by atoms with Crippen LogP contribution in [0, 0.1) is 5.82 Å². The van der Waals surface area contributed by atoms with Crippen LogP contribution in [0.1, 0.15) is 17.3 Å². The van der Waals surface area contributed by atoms with Gasteiger partial charge in [0.05, 0.1) is 36.3 Å². The van der Waals surface area contributed by atoms with E-state index in [1.165, 1.54) is 0 Å². The lowest BCUT2D eigenvalue weighted by atomic mass is 10.0. The molecule has 1 N–H and O–H groups in total. The zero-order valence-electron chi connectivity index (χ0n) is 11.0. The second-order valence-corrected chi connectivity index (χ2v) is 6.47. The minimum Gasteiger partial charge on any atom is -0.465 e. The monoisotopic (exact) mass is 303 g/mol. The van der Waals surface area contributed by atoms with E-state index >= 15 is 0 Å². The Morgan fingerprint density at radius 3 is 2.55 bits per heavy atom. The molecule has 0 amide bonds. The van der Waals surface area contributed by atoms with Gasteiger partial charge in [-0.3, -0.25) is 0 Å². The van der Waals surface area contributed by atoms with Gasteiger partial charge in [0, 0.05) is 0 Å². The maximum atomic E-state index is 13.7. The largest absolute Gasteiger partial charge is 0.465 e. The number of ether oxygens (including phenoxy) is 2. The summed E-state index contributed by atoms with van der Waals surface area (Å²) in [4.78, 5) is 11.0. The van der Waals surface area contributed by atoms with Gasteiger partial charge < -0.3 is 9.47 Å². The van der Waals surface area contributed by atoms with E-state index in [1.807, 2.05) is 0 Å². The number of hydrogen-bond donors (Lipinski definition) is 1. The summed E-state index contributed by atoms with van der Waals surface area (Å²) >= 11 is 0. The van der Waals surface area contributed by atoms with E-state index in [-0.39, 0.29) is 23.7 Å². The molecule has 0 saturated carbocycles. The van der Waals surface area contributed by atoms with E-state index in [2.05, 4.69) is 9.46 Å². The number of hydrogen-bond acceptors (Lipinski definition) is 5. The van der Waals surface area contributed by atoms with E-state index in [0.717, 1.165) is 25.3 Å². The SMILES string of the molecule is COC(=O)c1ccc(S(=O)(=O)NC2(C)COC2)cc1F. The third-order valence-electron chi connectivity index (χ3n) is 2.88. The van der Waals surface area contributed by atoms with E-state index in [1.54, 1.807) is 6.92 Å². The molecule has 6 nitrogen and oxygen atoms in total. The Morgan fingerprint density at radius 1 is 1.45 bits per heavy atom. The van der Waals surface area contributed by atoms with Crippen LogP contribution in [0.3, 0.4) is 0 Å². The highest BCUT2D eigenvalue weighted by molar-refractivity contribution is 7.89. The Kier molecular flexibility index (Phi) is 3.81. The number of methoxy groups -OCH3 is 1. The minimum absolute atomic E-state index is 0.254. The first kappa shape index (κ1) is 14.9. The van der Waals surface area contributed by atoms with Crippen LogP contribution in [-0.2, 0) is 19.5 Å². The molecule has 1 aliphatic heterocycles. The number of halogens is 1. The fraction of sp³-hybridized carbons (Fsp3) is 0.417. The standard InChI is InChI=1S/C12H14FNO5S/c1-12(6-19-7-12)14-20(16,17)8-3-4-9(10(13)5-8)11(15)18-2/h3-5,14H,6-7H2,1-2H3. The van der Waals surface area contributed by atoms with Gasteiger partial charge in [-0.2, -0.15) is 0 Å². The van der Waals surface area contributed by atoms with Crippen LogP contribution in [0.4, 0.5) is 4.39 Å². The minimum atomic E-state index is -3.87. The summed E-state index contributed by atoms with van der Waals surface area (Å²) in [7, 11) is -2.76.